The first-order chi connectivity index (χ1) is 9.77. The van der Waals surface area contributed by atoms with E-state index >= 15 is 0 Å². The molecule has 5 N–H and O–H groups in total. The van der Waals surface area contributed by atoms with Crippen LogP contribution >= 0.6 is 0 Å². The van der Waals surface area contributed by atoms with E-state index in [1.165, 1.54) is 70.6 Å². The molecule has 0 rings (SSSR count). The molecule has 4 nitrogen and oxygen atoms in total. The molecule has 0 bridgehead atoms. The van der Waals surface area contributed by atoms with Crippen molar-refractivity contribution in [2.24, 2.45) is 0 Å². The Hall–Kier alpha value is -0.610. The van der Waals surface area contributed by atoms with Gasteiger partial charge in [0, 0.05) is 12.5 Å². The number of carboxylic acid groups (broad SMARTS) is 1. The number of rotatable bonds is 16. The Labute approximate surface area is 131 Å². The van der Waals surface area contributed by atoms with Crippen LogP contribution in [-0.2, 0) is 4.79 Å². The third kappa shape index (κ3) is 21.8. The molecule has 0 aromatic rings. The summed E-state index contributed by atoms with van der Waals surface area (Å²) in [5, 5.41) is 13.3. The van der Waals surface area contributed by atoms with Gasteiger partial charge in [-0.15, -0.1) is 0 Å². The molecule has 0 aliphatic carbocycles. The first-order valence-corrected chi connectivity index (χ1v) is 8.68. The van der Waals surface area contributed by atoms with E-state index in [0.29, 0.717) is 6.54 Å². The van der Waals surface area contributed by atoms with Gasteiger partial charge in [-0.25, -0.2) is 0 Å². The third-order valence-electron chi connectivity index (χ3n) is 3.71. The molecule has 0 heterocycles. The van der Waals surface area contributed by atoms with Gasteiger partial charge in [0.05, 0.1) is 0 Å². The first-order valence-electron chi connectivity index (χ1n) is 8.68. The van der Waals surface area contributed by atoms with Gasteiger partial charge in [-0.3, -0.25) is 0 Å². The number of quaternary nitrogens is 1. The molecular formula is C17H38N2O2. The lowest BCUT2D eigenvalue weighted by Crippen LogP contribution is -2.28. The maximum atomic E-state index is 10.2. The summed E-state index contributed by atoms with van der Waals surface area (Å²) in [5.74, 6) is -0.966. The van der Waals surface area contributed by atoms with Gasteiger partial charge in [-0.1, -0.05) is 77.6 Å². The predicted molar refractivity (Wildman–Crippen MR) is 89.6 cm³/mol. The van der Waals surface area contributed by atoms with E-state index in [4.69, 9.17) is 0 Å². The van der Waals surface area contributed by atoms with Crippen molar-refractivity contribution >= 4 is 5.97 Å². The van der Waals surface area contributed by atoms with E-state index in [1.807, 2.05) is 0 Å². The van der Waals surface area contributed by atoms with Crippen LogP contribution in [-0.4, -0.2) is 19.1 Å². The van der Waals surface area contributed by atoms with Crippen LogP contribution in [0, 0.1) is 0 Å². The summed E-state index contributed by atoms with van der Waals surface area (Å²) < 4.78 is 0. The van der Waals surface area contributed by atoms with Gasteiger partial charge in [-0.05, 0) is 19.4 Å². The highest BCUT2D eigenvalue weighted by Gasteiger charge is 1.93. The number of carboxylic acids is 1. The Bertz CT molecular complexity index is 211. The van der Waals surface area contributed by atoms with Crippen molar-refractivity contribution in [3.8, 4) is 0 Å². The standard InChI is InChI=1S/C17H35NO2.H3N/c1-2-3-4-5-6-7-8-9-10-11-12-13-15-18-16-14-17(19)20;/h18H,2-16H2,1H3,(H,19,20);1H3. The molecule has 0 aromatic heterocycles. The number of carbonyl (C=O) groups is 1. The van der Waals surface area contributed by atoms with Crippen molar-refractivity contribution in [1.82, 2.24) is 11.5 Å². The lowest BCUT2D eigenvalue weighted by molar-refractivity contribution is -0.305. The van der Waals surface area contributed by atoms with Crippen molar-refractivity contribution in [2.75, 3.05) is 13.1 Å². The minimum atomic E-state index is -0.966. The summed E-state index contributed by atoms with van der Waals surface area (Å²) in [6.07, 6.45) is 16.4. The Balaban J connectivity index is 0. The number of hydrogen-bond acceptors (Lipinski definition) is 3. The van der Waals surface area contributed by atoms with Crippen LogP contribution in [0.3, 0.4) is 0 Å². The highest BCUT2D eigenvalue weighted by Crippen LogP contribution is 2.11. The lowest BCUT2D eigenvalue weighted by atomic mass is 10.1. The number of hydrogen-bond donors (Lipinski definition) is 2. The second kappa shape index (κ2) is 19.4. The summed E-state index contributed by atoms with van der Waals surface area (Å²) in [4.78, 5) is 10.2. The Kier molecular flexibility index (Phi) is 20.9. The van der Waals surface area contributed by atoms with E-state index in [1.54, 1.807) is 0 Å². The maximum Gasteiger partial charge on any atom is 0.0426 e. The lowest BCUT2D eigenvalue weighted by Gasteiger charge is -2.05. The van der Waals surface area contributed by atoms with E-state index < -0.39 is 5.97 Å². The van der Waals surface area contributed by atoms with E-state index in [2.05, 4.69) is 12.2 Å². The van der Waals surface area contributed by atoms with Gasteiger partial charge in [0.2, 0.25) is 0 Å². The zero-order valence-corrected chi connectivity index (χ0v) is 14.4. The van der Waals surface area contributed by atoms with Crippen molar-refractivity contribution in [3.63, 3.8) is 0 Å². The molecule has 0 fully saturated rings. The summed E-state index contributed by atoms with van der Waals surface area (Å²) in [7, 11) is 0. The monoisotopic (exact) mass is 302 g/mol. The number of aliphatic carboxylic acids is 1. The summed E-state index contributed by atoms with van der Waals surface area (Å²) in [6.45, 7) is 3.74. The zero-order valence-electron chi connectivity index (χ0n) is 14.4. The highest BCUT2D eigenvalue weighted by atomic mass is 16.4. The zero-order chi connectivity index (χ0) is 14.9. The van der Waals surface area contributed by atoms with E-state index in [0.717, 1.165) is 13.0 Å². The molecule has 0 aliphatic rings. The molecule has 128 valence electrons. The van der Waals surface area contributed by atoms with E-state index in [-0.39, 0.29) is 12.6 Å². The average molecular weight is 303 g/mol. The Morgan fingerprint density at radius 2 is 1.19 bits per heavy atom. The maximum absolute atomic E-state index is 10.2. The van der Waals surface area contributed by atoms with Crippen molar-refractivity contribution < 1.29 is 9.90 Å². The fourth-order valence-electron chi connectivity index (χ4n) is 2.41. The van der Waals surface area contributed by atoms with Crippen LogP contribution in [0.2, 0.25) is 0 Å². The Morgan fingerprint density at radius 3 is 1.62 bits per heavy atom. The number of nitrogens with one attached hydrogen (secondary N) is 1. The van der Waals surface area contributed by atoms with Gasteiger partial charge in [0.1, 0.15) is 0 Å². The number of carbonyl (C=O) groups excluding carboxylic acids is 1. The smallest absolute Gasteiger partial charge is 0.0426 e. The molecule has 0 aliphatic heterocycles. The molecule has 0 aromatic carbocycles. The van der Waals surface area contributed by atoms with Crippen molar-refractivity contribution in [1.29, 1.82) is 0 Å². The topological polar surface area (TPSA) is 88.7 Å². The van der Waals surface area contributed by atoms with Crippen LogP contribution in [0.1, 0.15) is 90.4 Å². The first kappa shape index (κ1) is 22.7. The minimum absolute atomic E-state index is 0. The van der Waals surface area contributed by atoms with Crippen LogP contribution in [0.15, 0.2) is 0 Å². The molecule has 21 heavy (non-hydrogen) atoms. The van der Waals surface area contributed by atoms with Crippen LogP contribution in [0.25, 0.3) is 0 Å². The molecule has 0 spiro atoms. The van der Waals surface area contributed by atoms with Gasteiger partial charge < -0.3 is 21.4 Å². The minimum Gasteiger partial charge on any atom is -0.550 e. The molecular weight excluding hydrogens is 264 g/mol. The molecule has 4 heteroatoms. The molecule has 0 unspecified atom stereocenters. The summed E-state index contributed by atoms with van der Waals surface area (Å²) in [6, 6.07) is 0. The fraction of sp³-hybridized carbons (Fsp3) is 0.941. The molecule has 0 radical (unpaired) electrons. The second-order valence-electron chi connectivity index (χ2n) is 5.76. The molecule has 0 saturated heterocycles. The van der Waals surface area contributed by atoms with Crippen LogP contribution < -0.4 is 16.6 Å². The molecule has 0 amide bonds. The predicted octanol–water partition coefficient (Wildman–Crippen LogP) is 3.79. The van der Waals surface area contributed by atoms with Gasteiger partial charge in [0.15, 0.2) is 0 Å². The third-order valence-corrected chi connectivity index (χ3v) is 3.71. The number of unbranched alkanes of at least 4 members (excludes halogenated alkanes) is 11. The molecule has 0 saturated carbocycles. The Morgan fingerprint density at radius 1 is 0.762 bits per heavy atom. The van der Waals surface area contributed by atoms with Crippen LogP contribution in [0.4, 0.5) is 0 Å². The van der Waals surface area contributed by atoms with Gasteiger partial charge >= 0.3 is 0 Å². The van der Waals surface area contributed by atoms with E-state index in [9.17, 15) is 9.90 Å². The SMILES string of the molecule is CCCCCCCCCCCCCCNCCC(=O)[O-].[NH4+]. The van der Waals surface area contributed by atoms with Crippen molar-refractivity contribution in [2.45, 2.75) is 90.4 Å². The van der Waals surface area contributed by atoms with Crippen molar-refractivity contribution in [3.05, 3.63) is 0 Å². The van der Waals surface area contributed by atoms with Crippen LogP contribution in [0.5, 0.6) is 0 Å². The quantitative estimate of drug-likeness (QED) is 0.425. The van der Waals surface area contributed by atoms with Gasteiger partial charge in [-0.2, -0.15) is 0 Å². The molecule has 0 atom stereocenters. The van der Waals surface area contributed by atoms with Gasteiger partial charge in [0.25, 0.3) is 0 Å². The largest absolute Gasteiger partial charge is 0.550 e. The average Bonchev–Trinajstić information content (AvgIpc) is 2.43. The fourth-order valence-corrected chi connectivity index (χ4v) is 2.41. The normalized spacial score (nSPS) is 10.3. The summed E-state index contributed by atoms with van der Waals surface area (Å²) >= 11 is 0. The highest BCUT2D eigenvalue weighted by molar-refractivity contribution is 5.64. The second-order valence-corrected chi connectivity index (χ2v) is 5.76. The summed E-state index contributed by atoms with van der Waals surface area (Å²) in [5.41, 5.74) is 0.